The second kappa shape index (κ2) is 6.84. The number of aryl methyl sites for hydroxylation is 1. The Morgan fingerprint density at radius 2 is 2.16 bits per heavy atom. The van der Waals surface area contributed by atoms with Crippen LogP contribution >= 0.6 is 11.3 Å². The van der Waals surface area contributed by atoms with Crippen LogP contribution < -0.4 is 0 Å². The van der Waals surface area contributed by atoms with E-state index in [-0.39, 0.29) is 11.9 Å². The summed E-state index contributed by atoms with van der Waals surface area (Å²) in [5, 5.41) is 11.9. The van der Waals surface area contributed by atoms with E-state index in [1.807, 2.05) is 17.2 Å². The average Bonchev–Trinajstić information content (AvgIpc) is 3.20. The number of aromatic nitrogens is 4. The molecule has 1 unspecified atom stereocenters. The number of hydrogen-bond acceptors (Lipinski definition) is 6. The van der Waals surface area contributed by atoms with Crippen LogP contribution in [0.15, 0.2) is 5.38 Å². The molecule has 0 bridgehead atoms. The first-order chi connectivity index (χ1) is 12.1. The highest BCUT2D eigenvalue weighted by Crippen LogP contribution is 2.31. The number of thiazole rings is 1. The highest BCUT2D eigenvalue weighted by atomic mass is 32.1. The Labute approximate surface area is 151 Å². The number of hydrogen-bond donors (Lipinski definition) is 0. The number of fused-ring (bicyclic) bond motifs is 1. The topological polar surface area (TPSA) is 67.2 Å². The fourth-order valence-corrected chi connectivity index (χ4v) is 4.40. The molecule has 2 aromatic heterocycles. The van der Waals surface area contributed by atoms with Crippen LogP contribution in [0.4, 0.5) is 0 Å². The molecule has 1 amide bonds. The van der Waals surface area contributed by atoms with Crippen molar-refractivity contribution in [1.29, 1.82) is 0 Å². The maximum Gasteiger partial charge on any atom is 0.229 e. The first-order valence-corrected chi connectivity index (χ1v) is 9.81. The molecule has 134 valence electrons. The van der Waals surface area contributed by atoms with Crippen molar-refractivity contribution in [2.45, 2.75) is 51.7 Å². The lowest BCUT2D eigenvalue weighted by Crippen LogP contribution is -2.41. The molecule has 2 aromatic rings. The van der Waals surface area contributed by atoms with Gasteiger partial charge in [0.25, 0.3) is 0 Å². The molecule has 2 aliphatic rings. The summed E-state index contributed by atoms with van der Waals surface area (Å²) in [5.74, 6) is 2.13. The van der Waals surface area contributed by atoms with Gasteiger partial charge >= 0.3 is 0 Å². The number of carbonyl (C=O) groups excluding carboxylic acids is 1. The van der Waals surface area contributed by atoms with Gasteiger partial charge in [0.15, 0.2) is 5.82 Å². The largest absolute Gasteiger partial charge is 0.332 e. The number of carbonyl (C=O) groups is 1. The van der Waals surface area contributed by atoms with Crippen LogP contribution in [-0.2, 0) is 24.3 Å². The molecule has 1 fully saturated rings. The second-order valence-electron chi connectivity index (χ2n) is 7.00. The van der Waals surface area contributed by atoms with Gasteiger partial charge in [0.1, 0.15) is 5.82 Å². The highest BCUT2D eigenvalue weighted by Gasteiger charge is 2.33. The zero-order valence-corrected chi connectivity index (χ0v) is 15.6. The molecule has 0 N–H and O–H groups in total. The van der Waals surface area contributed by atoms with Gasteiger partial charge < -0.3 is 9.47 Å². The van der Waals surface area contributed by atoms with E-state index in [4.69, 9.17) is 0 Å². The summed E-state index contributed by atoms with van der Waals surface area (Å²) in [5.41, 5.74) is 0.877. The second-order valence-corrected chi connectivity index (χ2v) is 8.06. The van der Waals surface area contributed by atoms with Gasteiger partial charge in [-0.15, -0.1) is 21.5 Å². The Balaban J connectivity index is 1.56. The van der Waals surface area contributed by atoms with Gasteiger partial charge in [-0.05, 0) is 33.2 Å². The third kappa shape index (κ3) is 3.32. The molecule has 2 aliphatic heterocycles. The minimum atomic E-state index is 0.0469. The van der Waals surface area contributed by atoms with Crippen molar-refractivity contribution in [3.05, 3.63) is 27.7 Å². The lowest BCUT2D eigenvalue weighted by Gasteiger charge is -2.36. The average molecular weight is 360 g/mol. The van der Waals surface area contributed by atoms with E-state index in [2.05, 4.69) is 31.7 Å². The molecule has 4 heterocycles. The van der Waals surface area contributed by atoms with Crippen LogP contribution in [0.25, 0.3) is 0 Å². The lowest BCUT2D eigenvalue weighted by atomic mass is 10.0. The lowest BCUT2D eigenvalue weighted by molar-refractivity contribution is -0.134. The fourth-order valence-electron chi connectivity index (χ4n) is 3.79. The number of likely N-dealkylation sites (N-methyl/N-ethyl adjacent to an activating group) is 1. The molecule has 0 aliphatic carbocycles. The molecular weight excluding hydrogens is 336 g/mol. The van der Waals surface area contributed by atoms with Crippen molar-refractivity contribution in [3.63, 3.8) is 0 Å². The Hall–Kier alpha value is -1.80. The normalized spacial score (nSPS) is 21.4. The monoisotopic (exact) mass is 360 g/mol. The Morgan fingerprint density at radius 3 is 2.96 bits per heavy atom. The van der Waals surface area contributed by atoms with Gasteiger partial charge in [0.05, 0.1) is 29.7 Å². The molecule has 7 nitrogen and oxygen atoms in total. The van der Waals surface area contributed by atoms with E-state index in [1.165, 1.54) is 0 Å². The van der Waals surface area contributed by atoms with Gasteiger partial charge in [-0.2, -0.15) is 0 Å². The summed E-state index contributed by atoms with van der Waals surface area (Å²) >= 11 is 1.60. The summed E-state index contributed by atoms with van der Waals surface area (Å²) in [6, 6.07) is 0.0469. The van der Waals surface area contributed by atoms with E-state index < -0.39 is 0 Å². The van der Waals surface area contributed by atoms with Crippen LogP contribution in [0.2, 0.25) is 0 Å². The van der Waals surface area contributed by atoms with Gasteiger partial charge in [-0.1, -0.05) is 0 Å². The fraction of sp³-hybridized carbons (Fsp3) is 0.647. The molecule has 1 saturated heterocycles. The summed E-state index contributed by atoms with van der Waals surface area (Å²) in [6.45, 7) is 5.50. The predicted octanol–water partition coefficient (Wildman–Crippen LogP) is 1.78. The predicted molar refractivity (Wildman–Crippen MR) is 95.2 cm³/mol. The molecule has 8 heteroatoms. The van der Waals surface area contributed by atoms with Crippen molar-refractivity contribution in [3.8, 4) is 0 Å². The number of likely N-dealkylation sites (tertiary alicyclic amines) is 1. The molecule has 4 rings (SSSR count). The SMILES string of the molecule is Cc1nc(CC(=O)N2CCCCC2c2nnc3n2CCN(C)C3)cs1. The van der Waals surface area contributed by atoms with E-state index in [9.17, 15) is 4.79 Å². The Kier molecular flexibility index (Phi) is 4.56. The van der Waals surface area contributed by atoms with E-state index >= 15 is 0 Å². The zero-order valence-electron chi connectivity index (χ0n) is 14.8. The molecule has 0 aromatic carbocycles. The standard InChI is InChI=1S/C17H24N6OS/c1-12-18-13(11-25-12)9-16(24)22-6-4-3-5-14(22)17-20-19-15-10-21(2)7-8-23(15)17/h11,14H,3-10H2,1-2H3. The third-order valence-electron chi connectivity index (χ3n) is 5.09. The zero-order chi connectivity index (χ0) is 17.4. The Bertz CT molecular complexity index is 769. The van der Waals surface area contributed by atoms with Crippen molar-refractivity contribution in [1.82, 2.24) is 29.5 Å². The minimum absolute atomic E-state index is 0.0469. The molecular formula is C17H24N6OS. The maximum atomic E-state index is 12.9. The molecule has 0 radical (unpaired) electrons. The quantitative estimate of drug-likeness (QED) is 0.835. The van der Waals surface area contributed by atoms with Crippen LogP contribution in [0.3, 0.4) is 0 Å². The summed E-state index contributed by atoms with van der Waals surface area (Å²) in [4.78, 5) is 21.6. The number of rotatable bonds is 3. The van der Waals surface area contributed by atoms with E-state index in [1.54, 1.807) is 11.3 Å². The summed E-state index contributed by atoms with van der Waals surface area (Å²) in [7, 11) is 2.10. The minimum Gasteiger partial charge on any atom is -0.332 e. The highest BCUT2D eigenvalue weighted by molar-refractivity contribution is 7.09. The Morgan fingerprint density at radius 1 is 1.28 bits per heavy atom. The summed E-state index contributed by atoms with van der Waals surface area (Å²) < 4.78 is 2.23. The van der Waals surface area contributed by atoms with E-state index in [0.29, 0.717) is 6.42 Å². The van der Waals surface area contributed by atoms with Crippen molar-refractivity contribution in [2.24, 2.45) is 0 Å². The number of amides is 1. The van der Waals surface area contributed by atoms with Crippen LogP contribution in [0.5, 0.6) is 0 Å². The van der Waals surface area contributed by atoms with Gasteiger partial charge in [-0.3, -0.25) is 9.69 Å². The van der Waals surface area contributed by atoms with Crippen LogP contribution in [0, 0.1) is 6.92 Å². The van der Waals surface area contributed by atoms with Crippen molar-refractivity contribution >= 4 is 17.2 Å². The van der Waals surface area contributed by atoms with Crippen molar-refractivity contribution in [2.75, 3.05) is 20.1 Å². The third-order valence-corrected chi connectivity index (χ3v) is 5.92. The first-order valence-electron chi connectivity index (χ1n) is 8.93. The van der Waals surface area contributed by atoms with Crippen LogP contribution in [-0.4, -0.2) is 55.6 Å². The molecule has 25 heavy (non-hydrogen) atoms. The van der Waals surface area contributed by atoms with Crippen molar-refractivity contribution < 1.29 is 4.79 Å². The number of nitrogens with zero attached hydrogens (tertiary/aromatic N) is 6. The first kappa shape index (κ1) is 16.7. The molecule has 0 spiro atoms. The smallest absolute Gasteiger partial charge is 0.229 e. The van der Waals surface area contributed by atoms with Gasteiger partial charge in [-0.25, -0.2) is 4.98 Å². The van der Waals surface area contributed by atoms with Gasteiger partial charge in [0.2, 0.25) is 5.91 Å². The maximum absolute atomic E-state index is 12.9. The molecule has 1 atom stereocenters. The van der Waals surface area contributed by atoms with E-state index in [0.717, 1.165) is 67.8 Å². The van der Waals surface area contributed by atoms with Gasteiger partial charge in [0, 0.05) is 25.0 Å². The number of piperidine rings is 1. The molecule has 0 saturated carbocycles. The van der Waals surface area contributed by atoms with Crippen LogP contribution in [0.1, 0.15) is 47.7 Å². The summed E-state index contributed by atoms with van der Waals surface area (Å²) in [6.07, 6.45) is 3.54.